The summed E-state index contributed by atoms with van der Waals surface area (Å²) in [6.07, 6.45) is 5.90. The Kier molecular flexibility index (Phi) is 9.89. The van der Waals surface area contributed by atoms with Crippen LogP contribution >= 0.6 is 0 Å². The Morgan fingerprint density at radius 3 is 2.05 bits per heavy atom. The summed E-state index contributed by atoms with van der Waals surface area (Å²) in [5.41, 5.74) is 0. The molecule has 0 aromatic rings. The van der Waals surface area contributed by atoms with Gasteiger partial charge in [-0.15, -0.1) is 0 Å². The third-order valence-corrected chi connectivity index (χ3v) is 3.95. The van der Waals surface area contributed by atoms with E-state index < -0.39 is 0 Å². The predicted molar refractivity (Wildman–Crippen MR) is 81.0 cm³/mol. The van der Waals surface area contributed by atoms with E-state index in [0.717, 1.165) is 39.1 Å². The van der Waals surface area contributed by atoms with Gasteiger partial charge in [0.25, 0.3) is 0 Å². The van der Waals surface area contributed by atoms with E-state index in [1.165, 1.54) is 19.3 Å². The second kappa shape index (κ2) is 11.2. The molecule has 0 spiro atoms. The predicted octanol–water partition coefficient (Wildman–Crippen LogP) is 2.51. The molecule has 1 rings (SSSR count). The normalized spacial score (nSPS) is 16.8. The molecule has 1 saturated carbocycles. The third-order valence-electron chi connectivity index (χ3n) is 3.95. The van der Waals surface area contributed by atoms with Crippen LogP contribution in [0.1, 0.15) is 46.0 Å². The number of nitrogens with zero attached hydrogens (tertiary/aromatic N) is 1. The summed E-state index contributed by atoms with van der Waals surface area (Å²) < 4.78 is 10.8. The molecule has 0 amide bonds. The fourth-order valence-electron chi connectivity index (χ4n) is 2.72. The first-order valence-electron chi connectivity index (χ1n) is 8.18. The van der Waals surface area contributed by atoms with Gasteiger partial charge in [0.15, 0.2) is 0 Å². The fourth-order valence-corrected chi connectivity index (χ4v) is 2.72. The number of rotatable bonds is 11. The van der Waals surface area contributed by atoms with E-state index in [1.807, 2.05) is 13.8 Å². The van der Waals surface area contributed by atoms with Gasteiger partial charge in [0.2, 0.25) is 0 Å². The topological polar surface area (TPSA) is 38.8 Å². The molecule has 20 heavy (non-hydrogen) atoms. The molecule has 0 heterocycles. The number of carbonyl (C=O) groups is 1. The van der Waals surface area contributed by atoms with E-state index in [1.54, 1.807) is 0 Å². The highest BCUT2D eigenvalue weighted by Crippen LogP contribution is 2.24. The van der Waals surface area contributed by atoms with Gasteiger partial charge in [-0.2, -0.15) is 0 Å². The van der Waals surface area contributed by atoms with Crippen LogP contribution in [0.25, 0.3) is 0 Å². The number of carbonyl (C=O) groups excluding carboxylic acids is 1. The molecule has 4 nitrogen and oxygen atoms in total. The summed E-state index contributed by atoms with van der Waals surface area (Å²) in [5.74, 6) is 0.711. The van der Waals surface area contributed by atoms with Crippen molar-refractivity contribution in [2.45, 2.75) is 46.0 Å². The number of ether oxygens (including phenoxy) is 2. The van der Waals surface area contributed by atoms with Crippen LogP contribution in [0.15, 0.2) is 0 Å². The van der Waals surface area contributed by atoms with Crippen LogP contribution in [-0.4, -0.2) is 56.7 Å². The summed E-state index contributed by atoms with van der Waals surface area (Å²) in [4.78, 5) is 14.5. The van der Waals surface area contributed by atoms with Crippen molar-refractivity contribution in [2.24, 2.45) is 5.92 Å². The lowest BCUT2D eigenvalue weighted by atomic mass is 9.86. The minimum Gasteiger partial charge on any atom is -0.380 e. The Hall–Kier alpha value is -0.450. The van der Waals surface area contributed by atoms with Crippen molar-refractivity contribution in [2.75, 3.05) is 46.1 Å². The van der Waals surface area contributed by atoms with E-state index in [2.05, 4.69) is 4.90 Å². The van der Waals surface area contributed by atoms with Crippen LogP contribution in [0.4, 0.5) is 0 Å². The summed E-state index contributed by atoms with van der Waals surface area (Å²) in [6.45, 7) is 9.05. The van der Waals surface area contributed by atoms with E-state index in [0.29, 0.717) is 31.5 Å². The minimum atomic E-state index is 0.297. The maximum atomic E-state index is 12.4. The Balaban J connectivity index is 2.33. The lowest BCUT2D eigenvalue weighted by Gasteiger charge is -2.26. The molecule has 1 aliphatic rings. The summed E-state index contributed by atoms with van der Waals surface area (Å²) in [5, 5.41) is 0. The Labute approximate surface area is 123 Å². The number of Topliss-reactive ketones (excluding diaryl/α,β-unsaturated/α-hetero) is 1. The standard InChI is InChI=1S/C16H31NO3/c1-3-19-12-10-17(11-13-20-4-2)14-16(18)15-8-6-5-7-9-15/h15H,3-14H2,1-2H3. The van der Waals surface area contributed by atoms with E-state index in [9.17, 15) is 4.79 Å². The summed E-state index contributed by atoms with van der Waals surface area (Å²) >= 11 is 0. The molecule has 0 radical (unpaired) electrons. The maximum absolute atomic E-state index is 12.4. The quantitative estimate of drug-likeness (QED) is 0.547. The van der Waals surface area contributed by atoms with Crippen molar-refractivity contribution in [1.82, 2.24) is 4.90 Å². The second-order valence-electron chi connectivity index (χ2n) is 5.47. The van der Waals surface area contributed by atoms with Crippen LogP contribution in [0.2, 0.25) is 0 Å². The van der Waals surface area contributed by atoms with Gasteiger partial charge in [0.05, 0.1) is 19.8 Å². The summed E-state index contributed by atoms with van der Waals surface area (Å²) in [6, 6.07) is 0. The van der Waals surface area contributed by atoms with Crippen LogP contribution < -0.4 is 0 Å². The molecular formula is C16H31NO3. The molecule has 0 aliphatic heterocycles. The Morgan fingerprint density at radius 2 is 1.55 bits per heavy atom. The van der Waals surface area contributed by atoms with Crippen molar-refractivity contribution in [3.8, 4) is 0 Å². The molecule has 118 valence electrons. The van der Waals surface area contributed by atoms with Crippen LogP contribution in [0, 0.1) is 5.92 Å². The van der Waals surface area contributed by atoms with Crippen molar-refractivity contribution in [3.63, 3.8) is 0 Å². The van der Waals surface area contributed by atoms with Gasteiger partial charge in [-0.25, -0.2) is 0 Å². The molecular weight excluding hydrogens is 254 g/mol. The highest BCUT2D eigenvalue weighted by Gasteiger charge is 2.22. The van der Waals surface area contributed by atoms with E-state index >= 15 is 0 Å². The van der Waals surface area contributed by atoms with Crippen molar-refractivity contribution >= 4 is 5.78 Å². The van der Waals surface area contributed by atoms with Gasteiger partial charge in [0.1, 0.15) is 5.78 Å². The fraction of sp³-hybridized carbons (Fsp3) is 0.938. The first-order chi connectivity index (χ1) is 9.77. The van der Waals surface area contributed by atoms with E-state index in [4.69, 9.17) is 9.47 Å². The molecule has 0 aromatic carbocycles. The number of hydrogen-bond acceptors (Lipinski definition) is 4. The van der Waals surface area contributed by atoms with Gasteiger partial charge in [-0.05, 0) is 26.7 Å². The number of ketones is 1. The van der Waals surface area contributed by atoms with Crippen LogP contribution in [0.5, 0.6) is 0 Å². The van der Waals surface area contributed by atoms with Crippen LogP contribution in [0.3, 0.4) is 0 Å². The zero-order valence-corrected chi connectivity index (χ0v) is 13.2. The highest BCUT2D eigenvalue weighted by molar-refractivity contribution is 5.83. The zero-order chi connectivity index (χ0) is 14.6. The molecule has 0 saturated heterocycles. The molecule has 0 bridgehead atoms. The Morgan fingerprint density at radius 1 is 1.00 bits per heavy atom. The van der Waals surface area contributed by atoms with Crippen molar-refractivity contribution in [1.29, 1.82) is 0 Å². The van der Waals surface area contributed by atoms with Gasteiger partial charge >= 0.3 is 0 Å². The summed E-state index contributed by atoms with van der Waals surface area (Å²) in [7, 11) is 0. The molecule has 1 aliphatic carbocycles. The lowest BCUT2D eigenvalue weighted by molar-refractivity contribution is -0.125. The molecule has 0 aromatic heterocycles. The largest absolute Gasteiger partial charge is 0.380 e. The highest BCUT2D eigenvalue weighted by atomic mass is 16.5. The van der Waals surface area contributed by atoms with Crippen molar-refractivity contribution < 1.29 is 14.3 Å². The lowest BCUT2D eigenvalue weighted by Crippen LogP contribution is -2.38. The van der Waals surface area contributed by atoms with Gasteiger partial charge in [0, 0.05) is 32.2 Å². The van der Waals surface area contributed by atoms with E-state index in [-0.39, 0.29) is 0 Å². The number of hydrogen-bond donors (Lipinski definition) is 0. The minimum absolute atomic E-state index is 0.297. The molecule has 4 heteroatoms. The smallest absolute Gasteiger partial charge is 0.149 e. The molecule has 1 fully saturated rings. The SMILES string of the molecule is CCOCCN(CCOCC)CC(=O)C1CCCCC1. The monoisotopic (exact) mass is 285 g/mol. The molecule has 0 N–H and O–H groups in total. The van der Waals surface area contributed by atoms with Gasteiger partial charge < -0.3 is 9.47 Å². The maximum Gasteiger partial charge on any atom is 0.149 e. The van der Waals surface area contributed by atoms with Gasteiger partial charge in [-0.1, -0.05) is 19.3 Å². The zero-order valence-electron chi connectivity index (χ0n) is 13.2. The second-order valence-corrected chi connectivity index (χ2v) is 5.47. The van der Waals surface area contributed by atoms with Gasteiger partial charge in [-0.3, -0.25) is 9.69 Å². The Bertz CT molecular complexity index is 242. The average molecular weight is 285 g/mol. The average Bonchev–Trinajstić information content (AvgIpc) is 2.48. The van der Waals surface area contributed by atoms with Crippen molar-refractivity contribution in [3.05, 3.63) is 0 Å². The molecule has 0 atom stereocenters. The first-order valence-corrected chi connectivity index (χ1v) is 8.18. The third kappa shape index (κ3) is 7.36. The first kappa shape index (κ1) is 17.6. The van der Waals surface area contributed by atoms with Crippen LogP contribution in [-0.2, 0) is 14.3 Å². The molecule has 0 unspecified atom stereocenters.